The van der Waals surface area contributed by atoms with Crippen LogP contribution in [0.1, 0.15) is 18.4 Å². The van der Waals surface area contributed by atoms with Gasteiger partial charge in [-0.3, -0.25) is 4.90 Å². The first-order chi connectivity index (χ1) is 11.1. The van der Waals surface area contributed by atoms with Gasteiger partial charge in [-0.15, -0.1) is 0 Å². The van der Waals surface area contributed by atoms with Crippen LogP contribution in [0.4, 0.5) is 5.69 Å². The fourth-order valence-corrected chi connectivity index (χ4v) is 4.60. The van der Waals surface area contributed by atoms with Gasteiger partial charge in [-0.1, -0.05) is 0 Å². The summed E-state index contributed by atoms with van der Waals surface area (Å²) in [5, 5.41) is 1.13. The normalized spacial score (nSPS) is 31.1. The number of aromatic nitrogens is 1. The highest BCUT2D eigenvalue weighted by atomic mass is 16.5. The van der Waals surface area contributed by atoms with Gasteiger partial charge in [-0.25, -0.2) is 4.99 Å². The Hall–Kier alpha value is -1.95. The molecule has 2 aromatic rings. The lowest BCUT2D eigenvalue weighted by Gasteiger charge is -2.50. The third-order valence-corrected chi connectivity index (χ3v) is 5.86. The third kappa shape index (κ3) is 2.09. The van der Waals surface area contributed by atoms with E-state index in [9.17, 15) is 0 Å². The molecule has 0 aliphatic carbocycles. The molecule has 24 heavy (non-hydrogen) atoms. The second-order valence-corrected chi connectivity index (χ2v) is 7.27. The Morgan fingerprint density at radius 1 is 1.29 bits per heavy atom. The second kappa shape index (κ2) is 5.28. The van der Waals surface area contributed by atoms with Crippen molar-refractivity contribution in [3.63, 3.8) is 0 Å². The molecule has 2 N–H and O–H groups in total. The Morgan fingerprint density at radius 2 is 2.08 bits per heavy atom. The highest BCUT2D eigenvalue weighted by Gasteiger charge is 2.51. The Bertz CT molecular complexity index is 822. The van der Waals surface area contributed by atoms with E-state index in [-0.39, 0.29) is 14.0 Å². The van der Waals surface area contributed by atoms with E-state index in [0.29, 0.717) is 5.92 Å². The minimum absolute atomic E-state index is 0. The lowest BCUT2D eigenvalue weighted by Crippen LogP contribution is -2.60. The first-order valence-electron chi connectivity index (χ1n) is 8.45. The zero-order valence-electron chi connectivity index (χ0n) is 13.5. The summed E-state index contributed by atoms with van der Waals surface area (Å²) < 4.78 is 8.65. The minimum Gasteiger partial charge on any atom is -0.467 e. The van der Waals surface area contributed by atoms with Gasteiger partial charge in [0.15, 0.2) is 0 Å². The summed E-state index contributed by atoms with van der Waals surface area (Å²) in [5.41, 5.74) is 8.91. The average molecular weight is 324 g/mol. The molecule has 1 atom stereocenters. The molecule has 1 aromatic heterocycles. The van der Waals surface area contributed by atoms with Crippen LogP contribution in [0.5, 0.6) is 0 Å². The summed E-state index contributed by atoms with van der Waals surface area (Å²) >= 11 is 0. The molecule has 4 aliphatic rings. The number of rotatable bonds is 1. The maximum atomic E-state index is 6.53. The Kier molecular flexibility index (Phi) is 3.43. The number of anilines is 1. The van der Waals surface area contributed by atoms with Crippen molar-refractivity contribution in [3.05, 3.63) is 30.0 Å². The Labute approximate surface area is 144 Å². The molecule has 0 radical (unpaired) electrons. The van der Waals surface area contributed by atoms with Crippen molar-refractivity contribution in [2.75, 3.05) is 31.9 Å². The first-order valence-corrected chi connectivity index (χ1v) is 8.45. The number of nitrogens with two attached hydrogens (primary N) is 1. The number of aliphatic imine (C=N–C) groups is 1. The third-order valence-electron chi connectivity index (χ3n) is 5.86. The molecule has 6 heteroatoms. The van der Waals surface area contributed by atoms with Gasteiger partial charge < -0.3 is 15.0 Å². The van der Waals surface area contributed by atoms with Crippen molar-refractivity contribution in [1.82, 2.24) is 9.47 Å². The van der Waals surface area contributed by atoms with E-state index in [0.717, 1.165) is 41.1 Å². The molecule has 3 fully saturated rings. The number of hydrogen-bond acceptors (Lipinski definition) is 4. The number of nitrogen functional groups attached to an aromatic ring is 1. The van der Waals surface area contributed by atoms with Crippen molar-refractivity contribution in [1.29, 1.82) is 0 Å². The lowest BCUT2D eigenvalue weighted by atomic mass is 9.75. The van der Waals surface area contributed by atoms with Crippen LogP contribution in [0.2, 0.25) is 0 Å². The number of hydrogen-bond donors (Lipinski definition) is 1. The molecule has 0 saturated carbocycles. The van der Waals surface area contributed by atoms with Gasteiger partial charge in [0.2, 0.25) is 5.90 Å². The van der Waals surface area contributed by atoms with Gasteiger partial charge in [-0.05, 0) is 44.1 Å². The second-order valence-electron chi connectivity index (χ2n) is 7.27. The highest BCUT2D eigenvalue weighted by molar-refractivity contribution is 6.08. The molecule has 1 unspecified atom stereocenters. The highest BCUT2D eigenvalue weighted by Crippen LogP contribution is 2.42. The van der Waals surface area contributed by atoms with E-state index in [1.54, 1.807) is 0 Å². The van der Waals surface area contributed by atoms with Crippen molar-refractivity contribution in [2.24, 2.45) is 18.0 Å². The zero-order valence-corrected chi connectivity index (χ0v) is 13.5. The van der Waals surface area contributed by atoms with Gasteiger partial charge >= 0.3 is 0 Å². The number of nitrogens with zero attached hydrogens (tertiary/aromatic N) is 3. The molecule has 5 heterocycles. The largest absolute Gasteiger partial charge is 0.467 e. The van der Waals surface area contributed by atoms with Crippen LogP contribution in [-0.2, 0) is 11.8 Å². The molecule has 126 valence electrons. The summed E-state index contributed by atoms with van der Waals surface area (Å²) in [4.78, 5) is 7.34. The van der Waals surface area contributed by atoms with Crippen molar-refractivity contribution in [3.8, 4) is 0 Å². The molecule has 1 aromatic carbocycles. The predicted molar refractivity (Wildman–Crippen MR) is 102 cm³/mol. The van der Waals surface area contributed by atoms with Crippen LogP contribution in [0, 0.1) is 5.92 Å². The van der Waals surface area contributed by atoms with Gasteiger partial charge in [0.1, 0.15) is 5.60 Å². The van der Waals surface area contributed by atoms with Gasteiger partial charge in [-0.2, -0.15) is 0 Å². The first kappa shape index (κ1) is 15.6. The number of aryl methyl sites for hydroxylation is 1. The maximum absolute atomic E-state index is 6.53. The molecular formula is C18H25BN4O. The molecule has 4 aliphatic heterocycles. The minimum atomic E-state index is -0.0890. The van der Waals surface area contributed by atoms with E-state index in [1.165, 1.54) is 25.9 Å². The van der Waals surface area contributed by atoms with Crippen LogP contribution < -0.4 is 5.73 Å². The van der Waals surface area contributed by atoms with Gasteiger partial charge in [0, 0.05) is 42.3 Å². The van der Waals surface area contributed by atoms with E-state index >= 15 is 0 Å². The van der Waals surface area contributed by atoms with E-state index < -0.39 is 0 Å². The van der Waals surface area contributed by atoms with E-state index in [1.807, 2.05) is 12.1 Å². The fourth-order valence-electron chi connectivity index (χ4n) is 4.60. The van der Waals surface area contributed by atoms with Crippen molar-refractivity contribution < 1.29 is 4.74 Å². The quantitative estimate of drug-likeness (QED) is 0.624. The topological polar surface area (TPSA) is 55.8 Å². The van der Waals surface area contributed by atoms with Crippen LogP contribution in [0.25, 0.3) is 10.9 Å². The van der Waals surface area contributed by atoms with Crippen molar-refractivity contribution in [2.45, 2.75) is 18.4 Å². The summed E-state index contributed by atoms with van der Waals surface area (Å²) in [7, 11) is 2.06. The smallest absolute Gasteiger partial charge is 0.219 e. The summed E-state index contributed by atoms with van der Waals surface area (Å²) in [5.74, 6) is 1.45. The maximum Gasteiger partial charge on any atom is 0.219 e. The number of ether oxygens (including phenoxy) is 1. The number of benzene rings is 1. The van der Waals surface area contributed by atoms with E-state index in [2.05, 4.69) is 28.8 Å². The average Bonchev–Trinajstić information content (AvgIpc) is 3.10. The lowest BCUT2D eigenvalue weighted by molar-refractivity contribution is -0.0825. The monoisotopic (exact) mass is 324 g/mol. The molecule has 6 rings (SSSR count). The standard InChI is InChI=1S/C18H22N4O.BH3/c1-21-9-15(14-8-13(19)2-3-16(14)21)17-20-10-18(23-17)11-22-6-4-12(18)5-7-22;/h2-3,8-9,12H,4-7,10-11,19H2,1H3;1H3. The van der Waals surface area contributed by atoms with Crippen molar-refractivity contribution >= 4 is 30.9 Å². The summed E-state index contributed by atoms with van der Waals surface area (Å²) in [6.07, 6.45) is 4.60. The summed E-state index contributed by atoms with van der Waals surface area (Å²) in [6.45, 7) is 4.26. The molecule has 1 spiro atoms. The zero-order chi connectivity index (χ0) is 15.6. The Balaban J connectivity index is 0.00000146. The number of piperidine rings is 3. The number of fused-ring (bicyclic) bond motifs is 3. The van der Waals surface area contributed by atoms with Crippen LogP contribution in [0.3, 0.4) is 0 Å². The van der Waals surface area contributed by atoms with Gasteiger partial charge in [0.05, 0.1) is 20.5 Å². The van der Waals surface area contributed by atoms with Crippen LogP contribution in [0.15, 0.2) is 29.4 Å². The molecule has 5 nitrogen and oxygen atoms in total. The fraction of sp³-hybridized carbons (Fsp3) is 0.500. The SMILES string of the molecule is B.Cn1cc(C2=NCC3(CN4CCC3CC4)O2)c2cc(N)ccc21. The molecule has 2 bridgehead atoms. The molecular weight excluding hydrogens is 299 g/mol. The summed E-state index contributed by atoms with van der Waals surface area (Å²) in [6, 6.07) is 6.03. The molecule has 0 amide bonds. The Morgan fingerprint density at radius 3 is 2.79 bits per heavy atom. The predicted octanol–water partition coefficient (Wildman–Crippen LogP) is 0.818. The molecule has 3 saturated heterocycles. The van der Waals surface area contributed by atoms with Crippen LogP contribution in [-0.4, -0.2) is 55.6 Å². The van der Waals surface area contributed by atoms with E-state index in [4.69, 9.17) is 15.5 Å². The van der Waals surface area contributed by atoms with Crippen LogP contribution >= 0.6 is 0 Å². The van der Waals surface area contributed by atoms with Gasteiger partial charge in [0.25, 0.3) is 0 Å².